The van der Waals surface area contributed by atoms with Crippen LogP contribution in [0.3, 0.4) is 0 Å². The first-order chi connectivity index (χ1) is 9.81. The molecule has 1 saturated carbocycles. The SMILES string of the molecule is CC(N)C1CCC(O)C(OC2C(N)CC(N)C(O)C2O)O1. The Morgan fingerprint density at radius 2 is 1.76 bits per heavy atom. The van der Waals surface area contributed by atoms with Gasteiger partial charge < -0.3 is 42.0 Å². The van der Waals surface area contributed by atoms with Crippen molar-refractivity contribution in [1.29, 1.82) is 0 Å². The lowest BCUT2D eigenvalue weighted by Gasteiger charge is -2.43. The van der Waals surface area contributed by atoms with Crippen LogP contribution in [0.25, 0.3) is 0 Å². The number of aliphatic hydroxyl groups excluding tert-OH is 3. The summed E-state index contributed by atoms with van der Waals surface area (Å²) in [7, 11) is 0. The highest BCUT2D eigenvalue weighted by atomic mass is 16.7. The maximum absolute atomic E-state index is 10.1. The van der Waals surface area contributed by atoms with Crippen molar-refractivity contribution < 1.29 is 24.8 Å². The second-order valence-corrected chi connectivity index (χ2v) is 6.19. The van der Waals surface area contributed by atoms with Crippen molar-refractivity contribution >= 4 is 0 Å². The van der Waals surface area contributed by atoms with Gasteiger partial charge in [0.05, 0.1) is 12.2 Å². The van der Waals surface area contributed by atoms with E-state index in [-0.39, 0.29) is 12.1 Å². The Morgan fingerprint density at radius 3 is 2.38 bits per heavy atom. The van der Waals surface area contributed by atoms with Gasteiger partial charge >= 0.3 is 0 Å². The number of hydrogen-bond donors (Lipinski definition) is 6. The second kappa shape index (κ2) is 6.84. The molecule has 0 aromatic heterocycles. The summed E-state index contributed by atoms with van der Waals surface area (Å²) in [6, 6.07) is -1.32. The number of aliphatic hydroxyl groups is 3. The first-order valence-corrected chi connectivity index (χ1v) is 7.43. The lowest BCUT2D eigenvalue weighted by atomic mass is 9.84. The Balaban J connectivity index is 2.01. The summed E-state index contributed by atoms with van der Waals surface area (Å²) in [6.45, 7) is 1.82. The molecule has 9 N–H and O–H groups in total. The molecule has 0 spiro atoms. The molecule has 21 heavy (non-hydrogen) atoms. The third kappa shape index (κ3) is 3.72. The molecule has 1 heterocycles. The van der Waals surface area contributed by atoms with Crippen LogP contribution in [0, 0.1) is 0 Å². The van der Waals surface area contributed by atoms with Crippen LogP contribution in [-0.4, -0.2) is 70.3 Å². The summed E-state index contributed by atoms with van der Waals surface area (Å²) >= 11 is 0. The number of rotatable bonds is 3. The standard InChI is InChI=1S/C13H27N3O5/c1-5(14)9-3-2-8(17)13(20-9)21-12-7(16)4-6(15)10(18)11(12)19/h5-13,17-19H,2-4,14-16H2,1H3. The van der Waals surface area contributed by atoms with Gasteiger partial charge in [-0.15, -0.1) is 0 Å². The molecule has 0 radical (unpaired) electrons. The molecule has 1 aliphatic heterocycles. The molecule has 8 heteroatoms. The van der Waals surface area contributed by atoms with E-state index in [0.717, 1.165) is 0 Å². The van der Waals surface area contributed by atoms with Crippen molar-refractivity contribution in [2.45, 2.75) is 81.1 Å². The van der Waals surface area contributed by atoms with Gasteiger partial charge in [-0.2, -0.15) is 0 Å². The van der Waals surface area contributed by atoms with Gasteiger partial charge in [-0.3, -0.25) is 0 Å². The Labute approximate surface area is 124 Å². The van der Waals surface area contributed by atoms with Gasteiger partial charge in [0.25, 0.3) is 0 Å². The first-order valence-electron chi connectivity index (χ1n) is 7.43. The van der Waals surface area contributed by atoms with Gasteiger partial charge in [0, 0.05) is 18.1 Å². The molecular formula is C13H27N3O5. The molecule has 0 aromatic carbocycles. The molecule has 0 amide bonds. The lowest BCUT2D eigenvalue weighted by Crippen LogP contribution is -2.63. The highest BCUT2D eigenvalue weighted by Gasteiger charge is 2.44. The van der Waals surface area contributed by atoms with Gasteiger partial charge in [0.1, 0.15) is 18.3 Å². The van der Waals surface area contributed by atoms with E-state index in [0.29, 0.717) is 19.3 Å². The van der Waals surface area contributed by atoms with E-state index in [1.165, 1.54) is 0 Å². The number of hydrogen-bond acceptors (Lipinski definition) is 8. The van der Waals surface area contributed by atoms with Crippen LogP contribution in [-0.2, 0) is 9.47 Å². The topological polar surface area (TPSA) is 157 Å². The van der Waals surface area contributed by atoms with Gasteiger partial charge in [-0.25, -0.2) is 0 Å². The molecule has 8 nitrogen and oxygen atoms in total. The molecular weight excluding hydrogens is 278 g/mol. The van der Waals surface area contributed by atoms with Crippen LogP contribution < -0.4 is 17.2 Å². The van der Waals surface area contributed by atoms with Crippen molar-refractivity contribution in [2.24, 2.45) is 17.2 Å². The van der Waals surface area contributed by atoms with Gasteiger partial charge in [-0.1, -0.05) is 0 Å². The quantitative estimate of drug-likeness (QED) is 0.330. The normalized spacial score (nSPS) is 49.9. The Kier molecular flexibility index (Phi) is 5.55. The van der Waals surface area contributed by atoms with Crippen molar-refractivity contribution in [3.63, 3.8) is 0 Å². The summed E-state index contributed by atoms with van der Waals surface area (Å²) in [4.78, 5) is 0. The smallest absolute Gasteiger partial charge is 0.184 e. The van der Waals surface area contributed by atoms with Crippen LogP contribution >= 0.6 is 0 Å². The van der Waals surface area contributed by atoms with E-state index in [1.807, 2.05) is 6.92 Å². The van der Waals surface area contributed by atoms with Crippen molar-refractivity contribution in [3.8, 4) is 0 Å². The predicted octanol–water partition coefficient (Wildman–Crippen LogP) is -2.64. The van der Waals surface area contributed by atoms with Crippen LogP contribution in [0.2, 0.25) is 0 Å². The molecule has 0 aromatic rings. The van der Waals surface area contributed by atoms with E-state index in [1.54, 1.807) is 0 Å². The van der Waals surface area contributed by atoms with E-state index in [4.69, 9.17) is 26.7 Å². The largest absolute Gasteiger partial charge is 0.389 e. The van der Waals surface area contributed by atoms with Crippen molar-refractivity contribution in [1.82, 2.24) is 0 Å². The zero-order valence-corrected chi connectivity index (χ0v) is 12.2. The summed E-state index contributed by atoms with van der Waals surface area (Å²) < 4.78 is 11.3. The summed E-state index contributed by atoms with van der Waals surface area (Å²) in [6.07, 6.45) is -3.65. The molecule has 1 aliphatic carbocycles. The molecule has 124 valence electrons. The second-order valence-electron chi connectivity index (χ2n) is 6.19. The number of ether oxygens (including phenoxy) is 2. The van der Waals surface area contributed by atoms with Gasteiger partial charge in [0.15, 0.2) is 6.29 Å². The fourth-order valence-electron chi connectivity index (χ4n) is 2.94. The van der Waals surface area contributed by atoms with E-state index in [9.17, 15) is 15.3 Å². The predicted molar refractivity (Wildman–Crippen MR) is 75.0 cm³/mol. The molecule has 9 atom stereocenters. The number of nitrogens with two attached hydrogens (primary N) is 3. The highest BCUT2D eigenvalue weighted by molar-refractivity contribution is 4.98. The van der Waals surface area contributed by atoms with E-state index in [2.05, 4.69) is 0 Å². The molecule has 1 saturated heterocycles. The average Bonchev–Trinajstić information content (AvgIpc) is 2.42. The Hall–Kier alpha value is -0.320. The zero-order chi connectivity index (χ0) is 15.7. The Bertz CT molecular complexity index is 346. The third-order valence-corrected chi connectivity index (χ3v) is 4.34. The lowest BCUT2D eigenvalue weighted by molar-refractivity contribution is -0.281. The first kappa shape index (κ1) is 17.0. The molecule has 2 aliphatic rings. The molecule has 0 bridgehead atoms. The fourth-order valence-corrected chi connectivity index (χ4v) is 2.94. The highest BCUT2D eigenvalue weighted by Crippen LogP contribution is 2.27. The van der Waals surface area contributed by atoms with Crippen molar-refractivity contribution in [2.75, 3.05) is 0 Å². The van der Waals surface area contributed by atoms with Crippen LogP contribution in [0.1, 0.15) is 26.2 Å². The molecule has 2 rings (SSSR count). The fraction of sp³-hybridized carbons (Fsp3) is 1.00. The zero-order valence-electron chi connectivity index (χ0n) is 12.2. The van der Waals surface area contributed by atoms with Crippen LogP contribution in [0.15, 0.2) is 0 Å². The third-order valence-electron chi connectivity index (χ3n) is 4.34. The summed E-state index contributed by atoms with van der Waals surface area (Å²) in [5.41, 5.74) is 17.5. The monoisotopic (exact) mass is 305 g/mol. The van der Waals surface area contributed by atoms with Gasteiger partial charge in [0.2, 0.25) is 0 Å². The van der Waals surface area contributed by atoms with Crippen molar-refractivity contribution in [3.05, 3.63) is 0 Å². The van der Waals surface area contributed by atoms with Crippen LogP contribution in [0.5, 0.6) is 0 Å². The minimum Gasteiger partial charge on any atom is -0.389 e. The average molecular weight is 305 g/mol. The maximum atomic E-state index is 10.1. The molecule has 2 fully saturated rings. The minimum atomic E-state index is -1.21. The van der Waals surface area contributed by atoms with Gasteiger partial charge in [-0.05, 0) is 26.2 Å². The minimum absolute atomic E-state index is 0.187. The van der Waals surface area contributed by atoms with E-state index < -0.39 is 42.8 Å². The summed E-state index contributed by atoms with van der Waals surface area (Å²) in [5.74, 6) is 0. The van der Waals surface area contributed by atoms with Crippen LogP contribution in [0.4, 0.5) is 0 Å². The molecule has 9 unspecified atom stereocenters. The Morgan fingerprint density at radius 1 is 1.10 bits per heavy atom. The van der Waals surface area contributed by atoms with E-state index >= 15 is 0 Å². The summed E-state index contributed by atoms with van der Waals surface area (Å²) in [5, 5.41) is 29.9. The maximum Gasteiger partial charge on any atom is 0.184 e.